The highest BCUT2D eigenvalue weighted by Crippen LogP contribution is 2.49. The molecule has 0 aromatic heterocycles. The summed E-state index contributed by atoms with van der Waals surface area (Å²) < 4.78 is 6.09. The van der Waals surface area contributed by atoms with E-state index in [9.17, 15) is 15.0 Å². The third kappa shape index (κ3) is 5.91. The van der Waals surface area contributed by atoms with E-state index in [1.54, 1.807) is 18.2 Å². The maximum absolute atomic E-state index is 11.1. The number of aliphatic hydroxyl groups excluding tert-OH is 2. The topological polar surface area (TPSA) is 87.0 Å². The first-order valence-corrected chi connectivity index (χ1v) is 11.0. The van der Waals surface area contributed by atoms with E-state index in [1.165, 1.54) is 0 Å². The second-order valence-electron chi connectivity index (χ2n) is 8.66. The first-order chi connectivity index (χ1) is 14.0. The summed E-state index contributed by atoms with van der Waals surface area (Å²) in [5.74, 6) is -0.000746. The summed E-state index contributed by atoms with van der Waals surface area (Å²) in [7, 11) is 0. The van der Waals surface area contributed by atoms with E-state index in [-0.39, 0.29) is 23.7 Å². The molecule has 2 aliphatic rings. The Labute approximate surface area is 173 Å². The van der Waals surface area contributed by atoms with Crippen LogP contribution in [0.3, 0.4) is 0 Å². The van der Waals surface area contributed by atoms with Gasteiger partial charge in [0.05, 0.1) is 30.5 Å². The van der Waals surface area contributed by atoms with Crippen LogP contribution in [0, 0.1) is 17.8 Å². The number of hydrogen-bond acceptors (Lipinski definition) is 4. The molecule has 0 spiro atoms. The molecule has 1 aromatic carbocycles. The van der Waals surface area contributed by atoms with E-state index < -0.39 is 12.1 Å². The van der Waals surface area contributed by atoms with Crippen molar-refractivity contribution in [3.63, 3.8) is 0 Å². The molecule has 1 aromatic rings. The van der Waals surface area contributed by atoms with Gasteiger partial charge in [-0.05, 0) is 55.2 Å². The molecule has 5 heteroatoms. The number of carbonyl (C=O) groups is 1. The summed E-state index contributed by atoms with van der Waals surface area (Å²) in [5.41, 5.74) is 1.15. The molecule has 0 aliphatic heterocycles. The van der Waals surface area contributed by atoms with Gasteiger partial charge in [0.2, 0.25) is 0 Å². The lowest BCUT2D eigenvalue weighted by molar-refractivity contribution is 0.0323. The van der Waals surface area contributed by atoms with Gasteiger partial charge in [-0.3, -0.25) is 0 Å². The molecule has 0 bridgehead atoms. The van der Waals surface area contributed by atoms with Gasteiger partial charge >= 0.3 is 5.97 Å². The lowest BCUT2D eigenvalue weighted by atomic mass is 9.90. The van der Waals surface area contributed by atoms with Crippen LogP contribution in [-0.2, 0) is 11.3 Å². The van der Waals surface area contributed by atoms with E-state index in [0.717, 1.165) is 50.5 Å². The van der Waals surface area contributed by atoms with Crippen LogP contribution in [0.2, 0.25) is 0 Å². The standard InChI is InChI=1S/C24H34O5/c1-2-3-4-8-19(25)9-10-21-22-14-20(12-18(22)13-23(21)26)29-15-16-6-5-7-17(11-16)24(27)28/h5-7,9-11,18-23,25-26H,2-4,8,12-15H2,1H3,(H,27,28)/t18-,19?,20?,21+,22+,23+/m0/s1. The molecule has 2 unspecified atom stereocenters. The molecule has 2 aliphatic carbocycles. The van der Waals surface area contributed by atoms with E-state index in [1.807, 2.05) is 18.2 Å². The lowest BCUT2D eigenvalue weighted by Crippen LogP contribution is -2.20. The summed E-state index contributed by atoms with van der Waals surface area (Å²) in [6.07, 6.45) is 9.99. The molecule has 3 rings (SSSR count). The molecule has 29 heavy (non-hydrogen) atoms. The molecule has 0 radical (unpaired) electrons. The first-order valence-electron chi connectivity index (χ1n) is 11.0. The zero-order chi connectivity index (χ0) is 20.8. The Morgan fingerprint density at radius 3 is 2.86 bits per heavy atom. The Balaban J connectivity index is 1.51. The molecule has 3 N–H and O–H groups in total. The van der Waals surface area contributed by atoms with Gasteiger partial charge in [-0.1, -0.05) is 50.5 Å². The van der Waals surface area contributed by atoms with E-state index >= 15 is 0 Å². The second-order valence-corrected chi connectivity index (χ2v) is 8.66. The average molecular weight is 403 g/mol. The normalized spacial score (nSPS) is 30.0. The van der Waals surface area contributed by atoms with Gasteiger partial charge in [-0.15, -0.1) is 0 Å². The summed E-state index contributed by atoms with van der Waals surface area (Å²) in [4.78, 5) is 11.1. The predicted molar refractivity (Wildman–Crippen MR) is 112 cm³/mol. The third-order valence-electron chi connectivity index (χ3n) is 6.51. The fraction of sp³-hybridized carbons (Fsp3) is 0.625. The maximum atomic E-state index is 11.1. The minimum absolute atomic E-state index is 0.0877. The van der Waals surface area contributed by atoms with Gasteiger partial charge in [0.25, 0.3) is 0 Å². The van der Waals surface area contributed by atoms with Crippen LogP contribution in [0.1, 0.15) is 67.8 Å². The number of benzene rings is 1. The lowest BCUT2D eigenvalue weighted by Gasteiger charge is -2.19. The highest BCUT2D eigenvalue weighted by Gasteiger charge is 2.47. The van der Waals surface area contributed by atoms with Crippen molar-refractivity contribution < 1.29 is 24.9 Å². The van der Waals surface area contributed by atoms with Crippen LogP contribution in [0.5, 0.6) is 0 Å². The van der Waals surface area contributed by atoms with Crippen molar-refractivity contribution in [2.45, 2.75) is 76.8 Å². The van der Waals surface area contributed by atoms with Crippen molar-refractivity contribution in [2.24, 2.45) is 17.8 Å². The Morgan fingerprint density at radius 2 is 2.10 bits per heavy atom. The molecule has 6 atom stereocenters. The fourth-order valence-electron chi connectivity index (χ4n) is 4.97. The summed E-state index contributed by atoms with van der Waals surface area (Å²) >= 11 is 0. The summed E-state index contributed by atoms with van der Waals surface area (Å²) in [6, 6.07) is 6.88. The number of carboxylic acid groups (broad SMARTS) is 1. The number of carboxylic acids is 1. The van der Waals surface area contributed by atoms with E-state index in [0.29, 0.717) is 18.4 Å². The number of unbranched alkanes of at least 4 members (excludes halogenated alkanes) is 2. The second kappa shape index (κ2) is 10.4. The molecule has 5 nitrogen and oxygen atoms in total. The Kier molecular flexibility index (Phi) is 7.87. The zero-order valence-corrected chi connectivity index (χ0v) is 17.2. The molecule has 160 valence electrons. The SMILES string of the molecule is CCCCCC(O)C=C[C@@H]1[C@@H]2CC(OCc3cccc(C(=O)O)c3)C[C@H]2C[C@H]1O. The number of hydrogen-bond donors (Lipinski definition) is 3. The average Bonchev–Trinajstić information content (AvgIpc) is 3.21. The Morgan fingerprint density at radius 1 is 1.28 bits per heavy atom. The van der Waals surface area contributed by atoms with Crippen LogP contribution in [0.4, 0.5) is 0 Å². The molecule has 0 saturated heterocycles. The number of fused-ring (bicyclic) bond motifs is 1. The van der Waals surface area contributed by atoms with E-state index in [4.69, 9.17) is 9.84 Å². The van der Waals surface area contributed by atoms with Crippen LogP contribution < -0.4 is 0 Å². The monoisotopic (exact) mass is 402 g/mol. The largest absolute Gasteiger partial charge is 0.478 e. The van der Waals surface area contributed by atoms with Crippen LogP contribution >= 0.6 is 0 Å². The first kappa shape index (κ1) is 22.0. The molecular formula is C24H34O5. The van der Waals surface area contributed by atoms with Crippen molar-refractivity contribution in [1.82, 2.24) is 0 Å². The Hall–Kier alpha value is -1.69. The number of aromatic carboxylic acids is 1. The van der Waals surface area contributed by atoms with Gasteiger partial charge in [-0.25, -0.2) is 4.79 Å². The van der Waals surface area contributed by atoms with Crippen LogP contribution in [-0.4, -0.2) is 39.6 Å². The Bertz CT molecular complexity index is 700. The van der Waals surface area contributed by atoms with Gasteiger partial charge in [0.1, 0.15) is 0 Å². The minimum Gasteiger partial charge on any atom is -0.478 e. The summed E-state index contributed by atoms with van der Waals surface area (Å²) in [5, 5.41) is 29.7. The van der Waals surface area contributed by atoms with E-state index in [2.05, 4.69) is 6.92 Å². The van der Waals surface area contributed by atoms with Crippen molar-refractivity contribution in [2.75, 3.05) is 0 Å². The summed E-state index contributed by atoms with van der Waals surface area (Å²) in [6.45, 7) is 2.56. The maximum Gasteiger partial charge on any atom is 0.335 e. The van der Waals surface area contributed by atoms with Crippen LogP contribution in [0.15, 0.2) is 36.4 Å². The molecular weight excluding hydrogens is 368 g/mol. The van der Waals surface area contributed by atoms with Crippen LogP contribution in [0.25, 0.3) is 0 Å². The molecule has 0 heterocycles. The molecule has 0 amide bonds. The van der Waals surface area contributed by atoms with Gasteiger partial charge < -0.3 is 20.1 Å². The molecule has 2 saturated carbocycles. The van der Waals surface area contributed by atoms with Crippen molar-refractivity contribution in [3.8, 4) is 0 Å². The van der Waals surface area contributed by atoms with Gasteiger partial charge in [0, 0.05) is 5.92 Å². The van der Waals surface area contributed by atoms with Crippen molar-refractivity contribution >= 4 is 5.97 Å². The van der Waals surface area contributed by atoms with Crippen molar-refractivity contribution in [3.05, 3.63) is 47.5 Å². The minimum atomic E-state index is -0.928. The highest BCUT2D eigenvalue weighted by molar-refractivity contribution is 5.87. The fourth-order valence-corrected chi connectivity index (χ4v) is 4.97. The van der Waals surface area contributed by atoms with Gasteiger partial charge in [0.15, 0.2) is 0 Å². The highest BCUT2D eigenvalue weighted by atomic mass is 16.5. The predicted octanol–water partition coefficient (Wildman–Crippen LogP) is 4.17. The van der Waals surface area contributed by atoms with Gasteiger partial charge in [-0.2, -0.15) is 0 Å². The molecule has 2 fully saturated rings. The smallest absolute Gasteiger partial charge is 0.335 e. The third-order valence-corrected chi connectivity index (χ3v) is 6.51. The number of ether oxygens (including phenoxy) is 1. The quantitative estimate of drug-likeness (QED) is 0.404. The number of rotatable bonds is 10. The zero-order valence-electron chi connectivity index (χ0n) is 17.2. The number of aliphatic hydroxyl groups is 2. The van der Waals surface area contributed by atoms with Crippen molar-refractivity contribution in [1.29, 1.82) is 0 Å².